The molecule has 9 atom stereocenters. The molecule has 2 heterocycles. The Morgan fingerprint density at radius 2 is 1.57 bits per heavy atom. The average molecular weight is 361 g/mol. The minimum atomic E-state index is -2.18. The molecule has 0 unspecified atom stereocenters. The van der Waals surface area contributed by atoms with Crippen molar-refractivity contribution in [2.24, 2.45) is 0 Å². The SMILES string of the molecule is OC[C@H]1O[C@](CO)(O[C@H]2O[C@H](CCl)[C@@H](O)[C@H](O)[C@H]2O)[C@@H](O)[C@@H]1O. The number of aliphatic hydroxyl groups is 7. The van der Waals surface area contributed by atoms with Gasteiger partial charge in [0.25, 0.3) is 0 Å². The summed E-state index contributed by atoms with van der Waals surface area (Å²) in [7, 11) is 0. The summed E-state index contributed by atoms with van der Waals surface area (Å²) in [5.41, 5.74) is 0. The van der Waals surface area contributed by atoms with Crippen molar-refractivity contribution in [1.29, 1.82) is 0 Å². The summed E-state index contributed by atoms with van der Waals surface area (Å²) in [4.78, 5) is 0. The lowest BCUT2D eigenvalue weighted by atomic mass is 9.99. The van der Waals surface area contributed by atoms with Gasteiger partial charge in [0.2, 0.25) is 5.79 Å². The molecular formula is C12H21ClO10. The lowest BCUT2D eigenvalue weighted by Crippen LogP contribution is -2.62. The smallest absolute Gasteiger partial charge is 0.224 e. The van der Waals surface area contributed by atoms with E-state index >= 15 is 0 Å². The van der Waals surface area contributed by atoms with Crippen LogP contribution in [0.4, 0.5) is 0 Å². The second-order valence-electron chi connectivity index (χ2n) is 5.53. The Labute approximate surface area is 136 Å². The third-order valence-corrected chi connectivity index (χ3v) is 4.35. The van der Waals surface area contributed by atoms with Gasteiger partial charge in [-0.1, -0.05) is 0 Å². The van der Waals surface area contributed by atoms with Crippen molar-refractivity contribution in [1.82, 2.24) is 0 Å². The zero-order valence-corrected chi connectivity index (χ0v) is 12.7. The van der Waals surface area contributed by atoms with Crippen molar-refractivity contribution in [2.75, 3.05) is 19.1 Å². The highest BCUT2D eigenvalue weighted by Gasteiger charge is 2.58. The van der Waals surface area contributed by atoms with Crippen molar-refractivity contribution in [3.8, 4) is 0 Å². The van der Waals surface area contributed by atoms with E-state index < -0.39 is 68.0 Å². The van der Waals surface area contributed by atoms with E-state index in [9.17, 15) is 30.6 Å². The molecule has 2 aliphatic heterocycles. The minimum absolute atomic E-state index is 0.220. The Morgan fingerprint density at radius 1 is 0.913 bits per heavy atom. The molecule has 0 aliphatic carbocycles. The maximum Gasteiger partial charge on any atom is 0.224 e. The van der Waals surface area contributed by atoms with Crippen LogP contribution in [0.15, 0.2) is 0 Å². The highest BCUT2D eigenvalue weighted by molar-refractivity contribution is 6.18. The molecule has 11 heteroatoms. The first kappa shape index (κ1) is 19.2. The third-order valence-electron chi connectivity index (χ3n) is 4.04. The second-order valence-corrected chi connectivity index (χ2v) is 5.84. The monoisotopic (exact) mass is 360 g/mol. The summed E-state index contributed by atoms with van der Waals surface area (Å²) >= 11 is 5.60. The van der Waals surface area contributed by atoms with Crippen LogP contribution >= 0.6 is 11.6 Å². The molecule has 23 heavy (non-hydrogen) atoms. The number of ether oxygens (including phenoxy) is 3. The van der Waals surface area contributed by atoms with Gasteiger partial charge in [0.15, 0.2) is 6.29 Å². The van der Waals surface area contributed by atoms with Crippen molar-refractivity contribution in [3.63, 3.8) is 0 Å². The van der Waals surface area contributed by atoms with Crippen LogP contribution in [0, 0.1) is 0 Å². The van der Waals surface area contributed by atoms with Crippen molar-refractivity contribution >= 4 is 11.6 Å². The summed E-state index contributed by atoms with van der Waals surface area (Å²) in [5, 5.41) is 67.8. The van der Waals surface area contributed by atoms with Crippen LogP contribution in [-0.2, 0) is 14.2 Å². The zero-order valence-electron chi connectivity index (χ0n) is 12.0. The fraction of sp³-hybridized carbons (Fsp3) is 1.00. The van der Waals surface area contributed by atoms with E-state index in [0.29, 0.717) is 0 Å². The molecule has 7 N–H and O–H groups in total. The molecule has 2 saturated heterocycles. The van der Waals surface area contributed by atoms with Crippen LogP contribution < -0.4 is 0 Å². The minimum Gasteiger partial charge on any atom is -0.394 e. The maximum atomic E-state index is 10.0. The topological polar surface area (TPSA) is 169 Å². The Hall–Kier alpha value is -0.110. The second kappa shape index (κ2) is 7.42. The van der Waals surface area contributed by atoms with Crippen LogP contribution in [0.1, 0.15) is 0 Å². The quantitative estimate of drug-likeness (QED) is 0.239. The molecule has 2 aliphatic rings. The molecule has 0 spiro atoms. The van der Waals surface area contributed by atoms with E-state index in [0.717, 1.165) is 0 Å². The average Bonchev–Trinajstić information content (AvgIpc) is 2.80. The van der Waals surface area contributed by atoms with E-state index in [1.165, 1.54) is 0 Å². The molecule has 2 rings (SSSR count). The predicted octanol–water partition coefficient (Wildman–Crippen LogP) is -4.15. The van der Waals surface area contributed by atoms with Crippen LogP contribution in [0.25, 0.3) is 0 Å². The van der Waals surface area contributed by atoms with Crippen molar-refractivity contribution in [3.05, 3.63) is 0 Å². The fourth-order valence-corrected chi connectivity index (χ4v) is 2.86. The standard InChI is InChI=1S/C12H21ClO10/c13-1-4-6(16)8(18)9(19)11(21-4)23-12(3-15)10(20)7(17)5(2-14)22-12/h4-11,14-20H,1-3H2/t4-,5-,6-,7-,8+,9-,10+,11-,12-/m1/s1. The van der Waals surface area contributed by atoms with Gasteiger partial charge in [-0.25, -0.2) is 0 Å². The summed E-state index contributed by atoms with van der Waals surface area (Å²) in [6, 6.07) is 0. The molecule has 0 radical (unpaired) electrons. The highest BCUT2D eigenvalue weighted by Crippen LogP contribution is 2.35. The molecule has 0 amide bonds. The Kier molecular flexibility index (Phi) is 6.20. The summed E-state index contributed by atoms with van der Waals surface area (Å²) in [5.74, 6) is -2.40. The van der Waals surface area contributed by atoms with Crippen LogP contribution in [-0.4, -0.2) is 110 Å². The molecule has 10 nitrogen and oxygen atoms in total. The van der Waals surface area contributed by atoms with Gasteiger partial charge in [-0.3, -0.25) is 0 Å². The number of halogens is 1. The molecule has 0 aromatic heterocycles. The van der Waals surface area contributed by atoms with Gasteiger partial charge in [-0.2, -0.15) is 0 Å². The van der Waals surface area contributed by atoms with Gasteiger partial charge in [-0.05, 0) is 0 Å². The first-order valence-corrected chi connectivity index (χ1v) is 7.54. The number of aliphatic hydroxyl groups excluding tert-OH is 7. The summed E-state index contributed by atoms with van der Waals surface area (Å²) in [6.07, 6.45) is -12.0. The number of hydrogen-bond donors (Lipinski definition) is 7. The molecule has 0 aromatic carbocycles. The highest BCUT2D eigenvalue weighted by atomic mass is 35.5. The first-order chi connectivity index (χ1) is 10.8. The zero-order chi connectivity index (χ0) is 17.4. The summed E-state index contributed by atoms with van der Waals surface area (Å²) < 4.78 is 15.6. The molecule has 2 fully saturated rings. The Morgan fingerprint density at radius 3 is 2.04 bits per heavy atom. The van der Waals surface area contributed by atoms with Gasteiger partial charge in [-0.15, -0.1) is 11.6 Å². The number of alkyl halides is 1. The lowest BCUT2D eigenvalue weighted by molar-refractivity contribution is -0.380. The van der Waals surface area contributed by atoms with Gasteiger partial charge < -0.3 is 50.0 Å². The maximum absolute atomic E-state index is 10.0. The fourth-order valence-electron chi connectivity index (χ4n) is 2.61. The van der Waals surface area contributed by atoms with E-state index in [1.54, 1.807) is 0 Å². The van der Waals surface area contributed by atoms with E-state index in [4.69, 9.17) is 30.9 Å². The van der Waals surface area contributed by atoms with Crippen molar-refractivity contribution < 1.29 is 50.0 Å². The lowest BCUT2D eigenvalue weighted by Gasteiger charge is -2.43. The molecule has 0 aromatic rings. The molecule has 0 bridgehead atoms. The Bertz CT molecular complexity index is 398. The third kappa shape index (κ3) is 3.34. The number of rotatable bonds is 5. The molecular weight excluding hydrogens is 340 g/mol. The number of hydrogen-bond acceptors (Lipinski definition) is 10. The van der Waals surface area contributed by atoms with Crippen LogP contribution in [0.5, 0.6) is 0 Å². The van der Waals surface area contributed by atoms with Crippen molar-refractivity contribution in [2.45, 2.75) is 54.8 Å². The van der Waals surface area contributed by atoms with Gasteiger partial charge in [0.1, 0.15) is 49.3 Å². The van der Waals surface area contributed by atoms with Crippen LogP contribution in [0.3, 0.4) is 0 Å². The molecule has 136 valence electrons. The first-order valence-electron chi connectivity index (χ1n) is 7.00. The van der Waals surface area contributed by atoms with E-state index in [-0.39, 0.29) is 5.88 Å². The Balaban J connectivity index is 2.18. The molecule has 0 saturated carbocycles. The van der Waals surface area contributed by atoms with E-state index in [2.05, 4.69) is 0 Å². The van der Waals surface area contributed by atoms with Gasteiger partial charge in [0.05, 0.1) is 12.5 Å². The normalized spacial score (nSPS) is 51.1. The summed E-state index contributed by atoms with van der Waals surface area (Å²) in [6.45, 7) is -1.58. The van der Waals surface area contributed by atoms with Gasteiger partial charge in [0, 0.05) is 0 Å². The van der Waals surface area contributed by atoms with Gasteiger partial charge >= 0.3 is 0 Å². The van der Waals surface area contributed by atoms with E-state index in [1.807, 2.05) is 0 Å². The predicted molar refractivity (Wildman–Crippen MR) is 72.3 cm³/mol. The largest absolute Gasteiger partial charge is 0.394 e. The van der Waals surface area contributed by atoms with Crippen LogP contribution in [0.2, 0.25) is 0 Å².